The first-order chi connectivity index (χ1) is 10.5. The van der Waals surface area contributed by atoms with Gasteiger partial charge in [-0.05, 0) is 23.1 Å². The van der Waals surface area contributed by atoms with Gasteiger partial charge in [-0.1, -0.05) is 18.2 Å². The van der Waals surface area contributed by atoms with Crippen LogP contribution < -0.4 is 5.32 Å². The highest BCUT2D eigenvalue weighted by atomic mass is 16.2. The number of ketones is 2. The Balaban J connectivity index is 1.60. The molecule has 1 atom stereocenters. The lowest BCUT2D eigenvalue weighted by Crippen LogP contribution is -2.41. The Labute approximate surface area is 128 Å². The third-order valence-electron chi connectivity index (χ3n) is 4.27. The van der Waals surface area contributed by atoms with Crippen molar-refractivity contribution in [3.8, 4) is 0 Å². The van der Waals surface area contributed by atoms with E-state index in [1.165, 1.54) is 0 Å². The van der Waals surface area contributed by atoms with Gasteiger partial charge in [0.2, 0.25) is 11.8 Å². The molecular formula is C17H17NO4. The number of imide groups is 1. The van der Waals surface area contributed by atoms with Gasteiger partial charge >= 0.3 is 0 Å². The number of rotatable bonds is 4. The largest absolute Gasteiger partial charge is 0.299 e. The summed E-state index contributed by atoms with van der Waals surface area (Å²) in [4.78, 5) is 46.3. The van der Waals surface area contributed by atoms with E-state index in [0.717, 1.165) is 16.7 Å². The molecule has 1 heterocycles. The van der Waals surface area contributed by atoms with Crippen LogP contribution in [0.25, 0.3) is 0 Å². The lowest BCUT2D eigenvalue weighted by Gasteiger charge is -2.20. The van der Waals surface area contributed by atoms with E-state index in [9.17, 15) is 19.2 Å². The van der Waals surface area contributed by atoms with Crippen LogP contribution in [0.5, 0.6) is 0 Å². The van der Waals surface area contributed by atoms with Gasteiger partial charge in [0.25, 0.3) is 0 Å². The SMILES string of the molecule is O=C1Cc2ccc(CC(=O)C[C@@H]3CCC(=O)NC3=O)cc2C1. The minimum absolute atomic E-state index is 0.0150. The minimum atomic E-state index is -0.402. The first kappa shape index (κ1) is 14.6. The van der Waals surface area contributed by atoms with Crippen LogP contribution in [0.4, 0.5) is 0 Å². The van der Waals surface area contributed by atoms with Crippen LogP contribution in [0, 0.1) is 5.92 Å². The van der Waals surface area contributed by atoms with Crippen LogP contribution in [0.3, 0.4) is 0 Å². The zero-order valence-electron chi connectivity index (χ0n) is 12.2. The van der Waals surface area contributed by atoms with E-state index >= 15 is 0 Å². The van der Waals surface area contributed by atoms with E-state index in [2.05, 4.69) is 5.32 Å². The standard InChI is InChI=1S/C17H17NO4/c19-14(8-12-3-4-16(21)18-17(12)22)6-10-1-2-11-7-15(20)9-13(11)5-10/h1-2,5,12H,3-4,6-9H2,(H,18,21,22)/t12-/m0/s1. The first-order valence-corrected chi connectivity index (χ1v) is 7.49. The van der Waals surface area contributed by atoms with Crippen LogP contribution in [0.1, 0.15) is 36.0 Å². The molecule has 0 radical (unpaired) electrons. The fraction of sp³-hybridized carbons (Fsp3) is 0.412. The zero-order chi connectivity index (χ0) is 15.7. The molecule has 114 valence electrons. The van der Waals surface area contributed by atoms with Gasteiger partial charge in [0.15, 0.2) is 0 Å². The molecule has 1 aromatic carbocycles. The second kappa shape index (κ2) is 5.83. The molecule has 5 heteroatoms. The Kier molecular flexibility index (Phi) is 3.88. The molecule has 2 aliphatic rings. The van der Waals surface area contributed by atoms with Gasteiger partial charge in [-0.15, -0.1) is 0 Å². The number of piperidine rings is 1. The van der Waals surface area contributed by atoms with E-state index in [-0.39, 0.29) is 36.2 Å². The summed E-state index contributed by atoms with van der Waals surface area (Å²) in [5.74, 6) is -0.817. The Hall–Kier alpha value is -2.30. The second-order valence-electron chi connectivity index (χ2n) is 6.06. The monoisotopic (exact) mass is 299 g/mol. The second-order valence-corrected chi connectivity index (χ2v) is 6.06. The summed E-state index contributed by atoms with van der Waals surface area (Å²) < 4.78 is 0. The number of fused-ring (bicyclic) bond motifs is 1. The van der Waals surface area contributed by atoms with E-state index < -0.39 is 5.92 Å². The molecule has 0 saturated carbocycles. The molecule has 0 spiro atoms. The Morgan fingerprint density at radius 3 is 2.68 bits per heavy atom. The topological polar surface area (TPSA) is 80.3 Å². The van der Waals surface area contributed by atoms with Crippen molar-refractivity contribution in [2.45, 2.75) is 38.5 Å². The predicted octanol–water partition coefficient (Wildman–Crippen LogP) is 0.909. The Bertz CT molecular complexity index is 677. The van der Waals surface area contributed by atoms with Crippen LogP contribution in [0.15, 0.2) is 18.2 Å². The molecule has 2 amide bonds. The molecule has 3 rings (SSSR count). The van der Waals surface area contributed by atoms with Crippen LogP contribution in [-0.2, 0) is 38.4 Å². The molecule has 0 unspecified atom stereocenters. The average molecular weight is 299 g/mol. The van der Waals surface area contributed by atoms with Crippen LogP contribution in [0.2, 0.25) is 0 Å². The number of Topliss-reactive ketones (excluding diaryl/α,β-unsaturated/α-hetero) is 2. The smallest absolute Gasteiger partial charge is 0.230 e. The molecule has 1 aromatic rings. The maximum absolute atomic E-state index is 12.1. The van der Waals surface area contributed by atoms with E-state index in [4.69, 9.17) is 0 Å². The molecule has 0 bridgehead atoms. The molecule has 1 N–H and O–H groups in total. The van der Waals surface area contributed by atoms with Crippen LogP contribution in [-0.4, -0.2) is 23.4 Å². The van der Waals surface area contributed by atoms with E-state index in [1.807, 2.05) is 18.2 Å². The maximum Gasteiger partial charge on any atom is 0.230 e. The third-order valence-corrected chi connectivity index (χ3v) is 4.27. The first-order valence-electron chi connectivity index (χ1n) is 7.49. The van der Waals surface area contributed by atoms with Gasteiger partial charge in [-0.3, -0.25) is 24.5 Å². The predicted molar refractivity (Wildman–Crippen MR) is 78.1 cm³/mol. The summed E-state index contributed by atoms with van der Waals surface area (Å²) in [5.41, 5.74) is 2.94. The number of nitrogens with one attached hydrogen (secondary N) is 1. The lowest BCUT2D eigenvalue weighted by molar-refractivity contribution is -0.138. The summed E-state index contributed by atoms with van der Waals surface area (Å²) in [6.07, 6.45) is 2.10. The van der Waals surface area contributed by atoms with E-state index in [1.54, 1.807) is 0 Å². The molecule has 5 nitrogen and oxygen atoms in total. The highest BCUT2D eigenvalue weighted by Crippen LogP contribution is 2.22. The number of amides is 2. The summed E-state index contributed by atoms with van der Waals surface area (Å²) in [7, 11) is 0. The van der Waals surface area contributed by atoms with E-state index in [0.29, 0.717) is 25.7 Å². The number of hydrogen-bond donors (Lipinski definition) is 1. The number of hydrogen-bond acceptors (Lipinski definition) is 4. The normalized spacial score (nSPS) is 20.7. The highest BCUT2D eigenvalue weighted by Gasteiger charge is 2.28. The van der Waals surface area contributed by atoms with Gasteiger partial charge < -0.3 is 0 Å². The molecular weight excluding hydrogens is 282 g/mol. The summed E-state index contributed by atoms with van der Waals surface area (Å²) >= 11 is 0. The van der Waals surface area contributed by atoms with Crippen molar-refractivity contribution in [3.05, 3.63) is 34.9 Å². The highest BCUT2D eigenvalue weighted by molar-refractivity contribution is 6.00. The van der Waals surface area contributed by atoms with Crippen molar-refractivity contribution >= 4 is 23.4 Å². The molecule has 1 fully saturated rings. The van der Waals surface area contributed by atoms with Crippen molar-refractivity contribution in [1.29, 1.82) is 0 Å². The number of benzene rings is 1. The van der Waals surface area contributed by atoms with Crippen LogP contribution >= 0.6 is 0 Å². The van der Waals surface area contributed by atoms with Gasteiger partial charge in [-0.2, -0.15) is 0 Å². The van der Waals surface area contributed by atoms with Gasteiger partial charge in [0, 0.05) is 38.0 Å². The lowest BCUT2D eigenvalue weighted by atomic mass is 9.91. The Morgan fingerprint density at radius 1 is 1.14 bits per heavy atom. The van der Waals surface area contributed by atoms with Crippen molar-refractivity contribution < 1.29 is 19.2 Å². The summed E-state index contributed by atoms with van der Waals surface area (Å²) in [5, 5.41) is 2.27. The molecule has 22 heavy (non-hydrogen) atoms. The quantitative estimate of drug-likeness (QED) is 0.838. The molecule has 1 aliphatic carbocycles. The zero-order valence-corrected chi connectivity index (χ0v) is 12.2. The summed E-state index contributed by atoms with van der Waals surface area (Å²) in [6.45, 7) is 0. The van der Waals surface area contributed by atoms with Gasteiger partial charge in [0.05, 0.1) is 0 Å². The van der Waals surface area contributed by atoms with Crippen molar-refractivity contribution in [1.82, 2.24) is 5.32 Å². The maximum atomic E-state index is 12.1. The Morgan fingerprint density at radius 2 is 1.91 bits per heavy atom. The van der Waals surface area contributed by atoms with Gasteiger partial charge in [0.1, 0.15) is 11.6 Å². The minimum Gasteiger partial charge on any atom is -0.299 e. The molecule has 0 aromatic heterocycles. The average Bonchev–Trinajstić information content (AvgIpc) is 2.81. The van der Waals surface area contributed by atoms with Gasteiger partial charge in [-0.25, -0.2) is 0 Å². The molecule has 1 saturated heterocycles. The number of carbonyl (C=O) groups excluding carboxylic acids is 4. The number of carbonyl (C=O) groups is 4. The third kappa shape index (κ3) is 3.13. The molecule has 1 aliphatic heterocycles. The van der Waals surface area contributed by atoms with Crippen molar-refractivity contribution in [2.75, 3.05) is 0 Å². The fourth-order valence-electron chi connectivity index (χ4n) is 3.12. The van der Waals surface area contributed by atoms with Crippen molar-refractivity contribution in [2.24, 2.45) is 5.92 Å². The summed E-state index contributed by atoms with van der Waals surface area (Å²) in [6, 6.07) is 5.71. The van der Waals surface area contributed by atoms with Crippen molar-refractivity contribution in [3.63, 3.8) is 0 Å². The fourth-order valence-corrected chi connectivity index (χ4v) is 3.12.